The van der Waals surface area contributed by atoms with Gasteiger partial charge in [-0.05, 0) is 45.0 Å². The largest absolute Gasteiger partial charge is 0.444 e. The Kier molecular flexibility index (Phi) is 6.49. The maximum atomic E-state index is 11.9. The molecule has 2 unspecified atom stereocenters. The maximum Gasteiger partial charge on any atom is 0.407 e. The molecule has 3 N–H and O–H groups in total. The number of benzene rings is 1. The van der Waals surface area contributed by atoms with Gasteiger partial charge in [-0.1, -0.05) is 18.2 Å². The van der Waals surface area contributed by atoms with Gasteiger partial charge in [-0.3, -0.25) is 4.98 Å². The van der Waals surface area contributed by atoms with Crippen LogP contribution < -0.4 is 5.32 Å². The Morgan fingerprint density at radius 1 is 1.13 bits per heavy atom. The first-order valence-electron chi connectivity index (χ1n) is 9.63. The minimum Gasteiger partial charge on any atom is -0.444 e. The number of hydrogen-bond donors (Lipinski definition) is 3. The van der Waals surface area contributed by atoms with Crippen molar-refractivity contribution in [2.24, 2.45) is 0 Å². The summed E-state index contributed by atoms with van der Waals surface area (Å²) in [6, 6.07) is 13.0. The molecule has 0 spiro atoms. The van der Waals surface area contributed by atoms with E-state index in [-0.39, 0.29) is 6.54 Å². The summed E-state index contributed by atoms with van der Waals surface area (Å²) >= 11 is 0. The molecule has 2 heterocycles. The summed E-state index contributed by atoms with van der Waals surface area (Å²) in [4.78, 5) is 15.9. The van der Waals surface area contributed by atoms with Crippen molar-refractivity contribution >= 4 is 6.09 Å². The van der Waals surface area contributed by atoms with Gasteiger partial charge in [-0.15, -0.1) is 0 Å². The van der Waals surface area contributed by atoms with Crippen molar-refractivity contribution in [3.05, 3.63) is 66.6 Å². The van der Waals surface area contributed by atoms with Crippen LogP contribution in [0.25, 0.3) is 16.9 Å². The minimum absolute atomic E-state index is 0.178. The molecule has 158 valence electrons. The predicted molar refractivity (Wildman–Crippen MR) is 112 cm³/mol. The zero-order valence-electron chi connectivity index (χ0n) is 17.2. The third kappa shape index (κ3) is 5.43. The highest BCUT2D eigenvalue weighted by Crippen LogP contribution is 2.29. The lowest BCUT2D eigenvalue weighted by molar-refractivity contribution is 0.0132. The van der Waals surface area contributed by atoms with E-state index in [2.05, 4.69) is 15.4 Å². The molecule has 2 aromatic heterocycles. The van der Waals surface area contributed by atoms with Crippen LogP contribution in [0.4, 0.5) is 4.79 Å². The summed E-state index contributed by atoms with van der Waals surface area (Å²) < 4.78 is 6.80. The number of alkyl carbamates (subject to hydrolysis) is 1. The molecule has 0 aliphatic carbocycles. The van der Waals surface area contributed by atoms with E-state index in [1.54, 1.807) is 56.2 Å². The second kappa shape index (κ2) is 9.06. The summed E-state index contributed by atoms with van der Waals surface area (Å²) in [5, 5.41) is 28.4. The van der Waals surface area contributed by atoms with E-state index in [9.17, 15) is 15.0 Å². The lowest BCUT2D eigenvalue weighted by atomic mass is 10.0. The lowest BCUT2D eigenvalue weighted by Crippen LogP contribution is -2.38. The molecule has 2 atom stereocenters. The summed E-state index contributed by atoms with van der Waals surface area (Å²) in [5.41, 5.74) is 1.86. The van der Waals surface area contributed by atoms with Gasteiger partial charge in [0, 0.05) is 36.3 Å². The molecule has 0 saturated carbocycles. The van der Waals surface area contributed by atoms with Crippen molar-refractivity contribution in [3.8, 4) is 16.9 Å². The fourth-order valence-corrected chi connectivity index (χ4v) is 2.87. The van der Waals surface area contributed by atoms with E-state index in [4.69, 9.17) is 4.74 Å². The molecule has 0 saturated heterocycles. The number of rotatable bonds is 6. The van der Waals surface area contributed by atoms with Crippen LogP contribution in [0.5, 0.6) is 0 Å². The van der Waals surface area contributed by atoms with Crippen molar-refractivity contribution in [3.63, 3.8) is 0 Å². The lowest BCUT2D eigenvalue weighted by Gasteiger charge is -2.22. The first-order valence-corrected chi connectivity index (χ1v) is 9.63. The van der Waals surface area contributed by atoms with E-state index in [0.29, 0.717) is 11.3 Å². The fraction of sp³-hybridized carbons (Fsp3) is 0.318. The van der Waals surface area contributed by atoms with Crippen molar-refractivity contribution in [1.29, 1.82) is 0 Å². The van der Waals surface area contributed by atoms with Crippen LogP contribution in [0.2, 0.25) is 0 Å². The smallest absolute Gasteiger partial charge is 0.407 e. The number of aliphatic hydroxyl groups excluding tert-OH is 2. The number of hydrogen-bond acceptors (Lipinski definition) is 6. The van der Waals surface area contributed by atoms with Crippen LogP contribution in [0.3, 0.4) is 0 Å². The number of para-hydroxylation sites is 1. The van der Waals surface area contributed by atoms with Crippen LogP contribution in [0.15, 0.2) is 61.1 Å². The molecule has 30 heavy (non-hydrogen) atoms. The van der Waals surface area contributed by atoms with Crippen LogP contribution in [0.1, 0.15) is 32.4 Å². The molecule has 3 rings (SSSR count). The van der Waals surface area contributed by atoms with Gasteiger partial charge in [0.2, 0.25) is 0 Å². The maximum absolute atomic E-state index is 11.9. The number of pyridine rings is 1. The van der Waals surface area contributed by atoms with E-state index >= 15 is 0 Å². The predicted octanol–water partition coefficient (Wildman–Crippen LogP) is 2.85. The summed E-state index contributed by atoms with van der Waals surface area (Å²) in [6.07, 6.45) is 1.74. The fourth-order valence-electron chi connectivity index (χ4n) is 2.87. The SMILES string of the molecule is CC(C)(C)OC(=O)NCC(O)C(O)c1cn(-c2ccccc2)nc1-c1ccncc1. The Labute approximate surface area is 175 Å². The number of nitrogens with one attached hydrogen (secondary N) is 1. The second-order valence-corrected chi connectivity index (χ2v) is 7.84. The highest BCUT2D eigenvalue weighted by atomic mass is 16.6. The molecule has 0 fully saturated rings. The van der Waals surface area contributed by atoms with E-state index in [0.717, 1.165) is 11.3 Å². The monoisotopic (exact) mass is 410 g/mol. The molecule has 0 aliphatic rings. The number of nitrogens with zero attached hydrogens (tertiary/aromatic N) is 3. The van der Waals surface area contributed by atoms with Crippen molar-refractivity contribution in [1.82, 2.24) is 20.1 Å². The standard InChI is InChI=1S/C22H26N4O4/c1-22(2,3)30-21(29)24-13-18(27)20(28)17-14-26(16-7-5-4-6-8-16)25-19(17)15-9-11-23-12-10-15/h4-12,14,18,20,27-28H,13H2,1-3H3,(H,24,29). The average molecular weight is 410 g/mol. The molecule has 0 aliphatic heterocycles. The van der Waals surface area contributed by atoms with Gasteiger partial charge in [0.1, 0.15) is 17.8 Å². The quantitative estimate of drug-likeness (QED) is 0.577. The summed E-state index contributed by atoms with van der Waals surface area (Å²) in [5.74, 6) is 0. The van der Waals surface area contributed by atoms with Crippen LogP contribution in [-0.2, 0) is 4.74 Å². The number of aromatic nitrogens is 3. The molecule has 1 aromatic carbocycles. The molecule has 0 bridgehead atoms. The Morgan fingerprint density at radius 2 is 1.80 bits per heavy atom. The first kappa shape index (κ1) is 21.5. The third-order valence-corrected chi connectivity index (χ3v) is 4.25. The van der Waals surface area contributed by atoms with Crippen molar-refractivity contribution < 1.29 is 19.7 Å². The van der Waals surface area contributed by atoms with Crippen LogP contribution in [0, 0.1) is 0 Å². The highest BCUT2D eigenvalue weighted by Gasteiger charge is 2.26. The zero-order chi connectivity index (χ0) is 21.7. The van der Waals surface area contributed by atoms with Gasteiger partial charge in [0.05, 0.1) is 11.4 Å². The van der Waals surface area contributed by atoms with Gasteiger partial charge in [0.25, 0.3) is 0 Å². The molecule has 1 amide bonds. The molecule has 3 aromatic rings. The zero-order valence-corrected chi connectivity index (χ0v) is 17.2. The second-order valence-electron chi connectivity index (χ2n) is 7.84. The highest BCUT2D eigenvalue weighted by molar-refractivity contribution is 5.67. The van der Waals surface area contributed by atoms with Crippen molar-refractivity contribution in [2.75, 3.05) is 6.54 Å². The molecule has 0 radical (unpaired) electrons. The first-order chi connectivity index (χ1) is 14.2. The number of aliphatic hydroxyl groups is 2. The number of ether oxygens (including phenoxy) is 1. The van der Waals surface area contributed by atoms with Crippen LogP contribution in [-0.4, -0.2) is 49.3 Å². The van der Waals surface area contributed by atoms with E-state index < -0.39 is 23.9 Å². The number of carbonyl (C=O) groups is 1. The van der Waals surface area contributed by atoms with Gasteiger partial charge >= 0.3 is 6.09 Å². The Balaban J connectivity index is 1.84. The summed E-state index contributed by atoms with van der Waals surface area (Å²) in [6.45, 7) is 5.06. The summed E-state index contributed by atoms with van der Waals surface area (Å²) in [7, 11) is 0. The Bertz CT molecular complexity index is 968. The van der Waals surface area contributed by atoms with E-state index in [1.165, 1.54) is 0 Å². The van der Waals surface area contributed by atoms with Gasteiger partial charge in [0.15, 0.2) is 0 Å². The average Bonchev–Trinajstić information content (AvgIpc) is 3.17. The van der Waals surface area contributed by atoms with Gasteiger partial charge in [-0.2, -0.15) is 5.10 Å². The van der Waals surface area contributed by atoms with Crippen LogP contribution >= 0.6 is 0 Å². The molecular formula is C22H26N4O4. The molecular weight excluding hydrogens is 384 g/mol. The van der Waals surface area contributed by atoms with Gasteiger partial charge < -0.3 is 20.3 Å². The normalized spacial score (nSPS) is 13.5. The minimum atomic E-state index is -1.28. The number of carbonyl (C=O) groups excluding carboxylic acids is 1. The van der Waals surface area contributed by atoms with Crippen molar-refractivity contribution in [2.45, 2.75) is 38.6 Å². The number of amides is 1. The Hall–Kier alpha value is -3.23. The molecule has 8 heteroatoms. The Morgan fingerprint density at radius 3 is 2.43 bits per heavy atom. The third-order valence-electron chi connectivity index (χ3n) is 4.25. The van der Waals surface area contributed by atoms with E-state index in [1.807, 2.05) is 30.3 Å². The topological polar surface area (TPSA) is 110 Å². The van der Waals surface area contributed by atoms with Gasteiger partial charge in [-0.25, -0.2) is 9.48 Å². The molecule has 8 nitrogen and oxygen atoms in total.